The van der Waals surface area contributed by atoms with Gasteiger partial charge in [0.1, 0.15) is 13.2 Å². The predicted molar refractivity (Wildman–Crippen MR) is 65.9 cm³/mol. The third-order valence-electron chi connectivity index (χ3n) is 2.09. The van der Waals surface area contributed by atoms with E-state index in [4.69, 9.17) is 5.11 Å². The number of hydrogen-bond acceptors (Lipinski definition) is 6. The lowest BCUT2D eigenvalue weighted by atomic mass is 10.1. The molecular weight excluding hydrogens is 268 g/mol. The van der Waals surface area contributed by atoms with Crippen molar-refractivity contribution in [2.24, 2.45) is 0 Å². The van der Waals surface area contributed by atoms with Gasteiger partial charge < -0.3 is 9.84 Å². The van der Waals surface area contributed by atoms with E-state index in [1.807, 2.05) is 0 Å². The van der Waals surface area contributed by atoms with Crippen LogP contribution in [0.1, 0.15) is 20.7 Å². The van der Waals surface area contributed by atoms with E-state index in [-0.39, 0.29) is 24.3 Å². The van der Waals surface area contributed by atoms with Gasteiger partial charge in [0.2, 0.25) is 0 Å². The van der Waals surface area contributed by atoms with Crippen LogP contribution in [0.2, 0.25) is 0 Å². The SMILES string of the molecule is C=CC(=O)OCCOOC(=O)c1ccccc1C(=O)O. The molecule has 0 spiro atoms. The topological polar surface area (TPSA) is 99.1 Å². The third-order valence-corrected chi connectivity index (χ3v) is 2.09. The van der Waals surface area contributed by atoms with Crippen molar-refractivity contribution in [1.29, 1.82) is 0 Å². The molecule has 1 rings (SSSR count). The Bertz CT molecular complexity index is 521. The first-order chi connectivity index (χ1) is 9.56. The van der Waals surface area contributed by atoms with Crippen LogP contribution < -0.4 is 0 Å². The zero-order valence-corrected chi connectivity index (χ0v) is 10.4. The second-order valence-corrected chi connectivity index (χ2v) is 3.42. The minimum atomic E-state index is -1.25. The number of carboxylic acid groups (broad SMARTS) is 1. The average molecular weight is 280 g/mol. The standard InChI is InChI=1S/C13H12O7/c1-2-11(14)18-7-8-19-20-13(17)10-6-4-3-5-9(10)12(15)16/h2-6H,1,7-8H2,(H,15,16). The van der Waals surface area contributed by atoms with Crippen molar-refractivity contribution in [2.75, 3.05) is 13.2 Å². The molecule has 1 aromatic carbocycles. The molecule has 0 saturated heterocycles. The summed E-state index contributed by atoms with van der Waals surface area (Å²) in [6, 6.07) is 5.54. The van der Waals surface area contributed by atoms with Gasteiger partial charge in [-0.3, -0.25) is 4.89 Å². The zero-order chi connectivity index (χ0) is 15.0. The highest BCUT2D eigenvalue weighted by Gasteiger charge is 2.17. The van der Waals surface area contributed by atoms with Gasteiger partial charge in [-0.2, -0.15) is 4.89 Å². The first-order valence-electron chi connectivity index (χ1n) is 5.51. The maximum atomic E-state index is 11.6. The highest BCUT2D eigenvalue weighted by molar-refractivity contribution is 6.02. The van der Waals surface area contributed by atoms with Crippen LogP contribution in [0.15, 0.2) is 36.9 Å². The van der Waals surface area contributed by atoms with E-state index in [0.29, 0.717) is 0 Å². The molecule has 7 nitrogen and oxygen atoms in total. The fraction of sp³-hybridized carbons (Fsp3) is 0.154. The van der Waals surface area contributed by atoms with Crippen LogP contribution in [0, 0.1) is 0 Å². The molecule has 0 aliphatic heterocycles. The Hall–Kier alpha value is -2.67. The zero-order valence-electron chi connectivity index (χ0n) is 10.4. The van der Waals surface area contributed by atoms with Gasteiger partial charge >= 0.3 is 17.9 Å². The van der Waals surface area contributed by atoms with Crippen molar-refractivity contribution in [1.82, 2.24) is 0 Å². The molecule has 7 heteroatoms. The third kappa shape index (κ3) is 4.54. The summed E-state index contributed by atoms with van der Waals surface area (Å²) in [5, 5.41) is 8.90. The van der Waals surface area contributed by atoms with E-state index in [9.17, 15) is 14.4 Å². The minimum Gasteiger partial charge on any atom is -0.478 e. The second kappa shape index (κ2) is 7.70. The van der Waals surface area contributed by atoms with Gasteiger partial charge in [0.05, 0.1) is 11.1 Å². The molecule has 0 amide bonds. The van der Waals surface area contributed by atoms with E-state index in [2.05, 4.69) is 21.1 Å². The molecule has 0 unspecified atom stereocenters. The average Bonchev–Trinajstić information content (AvgIpc) is 2.46. The lowest BCUT2D eigenvalue weighted by Gasteiger charge is -2.06. The molecule has 0 fully saturated rings. The second-order valence-electron chi connectivity index (χ2n) is 3.42. The van der Waals surface area contributed by atoms with Crippen LogP contribution in [0.25, 0.3) is 0 Å². The van der Waals surface area contributed by atoms with Crippen LogP contribution in [-0.4, -0.2) is 36.2 Å². The maximum Gasteiger partial charge on any atom is 0.373 e. The molecule has 0 aliphatic rings. The largest absolute Gasteiger partial charge is 0.478 e. The quantitative estimate of drug-likeness (QED) is 0.263. The van der Waals surface area contributed by atoms with Crippen molar-refractivity contribution in [3.63, 3.8) is 0 Å². The first-order valence-corrected chi connectivity index (χ1v) is 5.51. The van der Waals surface area contributed by atoms with E-state index < -0.39 is 17.9 Å². The van der Waals surface area contributed by atoms with Gasteiger partial charge in [0.15, 0.2) is 0 Å². The van der Waals surface area contributed by atoms with E-state index in [1.54, 1.807) is 0 Å². The van der Waals surface area contributed by atoms with Crippen LogP contribution >= 0.6 is 0 Å². The van der Waals surface area contributed by atoms with Crippen LogP contribution in [-0.2, 0) is 19.3 Å². The number of ether oxygens (including phenoxy) is 1. The van der Waals surface area contributed by atoms with Crippen LogP contribution in [0.3, 0.4) is 0 Å². The molecule has 0 radical (unpaired) electrons. The summed E-state index contributed by atoms with van der Waals surface area (Å²) < 4.78 is 4.57. The van der Waals surface area contributed by atoms with Gasteiger partial charge in [-0.05, 0) is 12.1 Å². The van der Waals surface area contributed by atoms with Crippen molar-refractivity contribution in [3.8, 4) is 0 Å². The highest BCUT2D eigenvalue weighted by Crippen LogP contribution is 2.10. The van der Waals surface area contributed by atoms with Crippen LogP contribution in [0.4, 0.5) is 0 Å². The van der Waals surface area contributed by atoms with Crippen LogP contribution in [0.5, 0.6) is 0 Å². The smallest absolute Gasteiger partial charge is 0.373 e. The molecule has 0 saturated carbocycles. The number of rotatable bonds is 7. The maximum absolute atomic E-state index is 11.6. The van der Waals surface area contributed by atoms with Gasteiger partial charge in [-0.1, -0.05) is 18.7 Å². The summed E-state index contributed by atoms with van der Waals surface area (Å²) in [6.07, 6.45) is 0.981. The first kappa shape index (κ1) is 15.4. The summed E-state index contributed by atoms with van der Waals surface area (Å²) in [7, 11) is 0. The van der Waals surface area contributed by atoms with E-state index >= 15 is 0 Å². The van der Waals surface area contributed by atoms with Crippen molar-refractivity contribution in [2.45, 2.75) is 0 Å². The molecule has 1 N–H and O–H groups in total. The summed E-state index contributed by atoms with van der Waals surface area (Å²) in [5.41, 5.74) is -0.331. The van der Waals surface area contributed by atoms with Gasteiger partial charge in [0.25, 0.3) is 0 Å². The molecule has 106 valence electrons. The van der Waals surface area contributed by atoms with E-state index in [1.165, 1.54) is 24.3 Å². The molecule has 20 heavy (non-hydrogen) atoms. The van der Waals surface area contributed by atoms with Gasteiger partial charge in [0, 0.05) is 6.08 Å². The Kier molecular flexibility index (Phi) is 5.92. The summed E-state index contributed by atoms with van der Waals surface area (Å²) in [4.78, 5) is 42.1. The number of aromatic carboxylic acids is 1. The Balaban J connectivity index is 2.46. The molecule has 0 atom stereocenters. The Labute approximate surface area is 114 Å². The van der Waals surface area contributed by atoms with Crippen molar-refractivity contribution < 1.29 is 34.0 Å². The molecular formula is C13H12O7. The van der Waals surface area contributed by atoms with Gasteiger partial charge in [-0.15, -0.1) is 0 Å². The monoisotopic (exact) mass is 280 g/mol. The molecule has 1 aromatic rings. The number of hydrogen-bond donors (Lipinski definition) is 1. The number of carbonyl (C=O) groups excluding carboxylic acids is 2. The molecule has 0 bridgehead atoms. The number of benzene rings is 1. The van der Waals surface area contributed by atoms with E-state index in [0.717, 1.165) is 6.08 Å². The molecule has 0 aromatic heterocycles. The van der Waals surface area contributed by atoms with Crippen molar-refractivity contribution in [3.05, 3.63) is 48.0 Å². The molecule has 0 heterocycles. The summed E-state index contributed by atoms with van der Waals surface area (Å²) >= 11 is 0. The fourth-order valence-electron chi connectivity index (χ4n) is 1.22. The Morgan fingerprint density at radius 3 is 2.40 bits per heavy atom. The normalized spacial score (nSPS) is 9.60. The number of esters is 1. The lowest BCUT2D eigenvalue weighted by molar-refractivity contribution is -0.246. The Morgan fingerprint density at radius 2 is 1.80 bits per heavy atom. The fourth-order valence-corrected chi connectivity index (χ4v) is 1.22. The Morgan fingerprint density at radius 1 is 1.15 bits per heavy atom. The van der Waals surface area contributed by atoms with Gasteiger partial charge in [-0.25, -0.2) is 14.4 Å². The van der Waals surface area contributed by atoms with Crippen molar-refractivity contribution >= 4 is 17.9 Å². The number of carboxylic acids is 1. The highest BCUT2D eigenvalue weighted by atomic mass is 17.2. The summed E-state index contributed by atoms with van der Waals surface area (Å²) in [6.45, 7) is 2.89. The minimum absolute atomic E-state index is 0.126. The number of carbonyl (C=O) groups is 3. The molecule has 0 aliphatic carbocycles. The summed E-state index contributed by atoms with van der Waals surface area (Å²) in [5.74, 6) is -2.83. The lowest BCUT2D eigenvalue weighted by Crippen LogP contribution is -2.14. The predicted octanol–water partition coefficient (Wildman–Crippen LogP) is 1.20.